The number of aromatic nitrogens is 2. The maximum absolute atomic E-state index is 12.8. The number of rotatable bonds is 4. The normalized spacial score (nSPS) is 17.8. The van der Waals surface area contributed by atoms with Gasteiger partial charge in [-0.25, -0.2) is 0 Å². The van der Waals surface area contributed by atoms with E-state index in [-0.39, 0.29) is 5.91 Å². The number of fused-ring (bicyclic) bond motifs is 3. The number of hydrogen-bond donors (Lipinski definition) is 1. The quantitative estimate of drug-likeness (QED) is 0.726. The van der Waals surface area contributed by atoms with Crippen LogP contribution in [-0.4, -0.2) is 46.2 Å². The van der Waals surface area contributed by atoms with Gasteiger partial charge in [-0.1, -0.05) is 0 Å². The summed E-state index contributed by atoms with van der Waals surface area (Å²) < 4.78 is 7.86. The molecule has 6 heteroatoms. The third-order valence-corrected chi connectivity index (χ3v) is 6.61. The summed E-state index contributed by atoms with van der Waals surface area (Å²) in [6.07, 6.45) is 6.77. The summed E-state index contributed by atoms with van der Waals surface area (Å²) in [7, 11) is 2.15. The lowest BCUT2D eigenvalue weighted by Crippen LogP contribution is -2.42. The highest BCUT2D eigenvalue weighted by Crippen LogP contribution is 2.32. The maximum Gasteiger partial charge on any atom is 0.251 e. The maximum atomic E-state index is 12.8. The summed E-state index contributed by atoms with van der Waals surface area (Å²) in [5.74, 6) is -0.0385. The van der Waals surface area contributed by atoms with Gasteiger partial charge in [0.2, 0.25) is 0 Å². The Balaban J connectivity index is 1.39. The van der Waals surface area contributed by atoms with Gasteiger partial charge in [0.05, 0.1) is 0 Å². The molecule has 6 nitrogen and oxygen atoms in total. The summed E-state index contributed by atoms with van der Waals surface area (Å²) in [4.78, 5) is 19.4. The number of carbonyl (C=O) groups is 1. The fourth-order valence-corrected chi connectivity index (χ4v) is 4.89. The van der Waals surface area contributed by atoms with Crippen molar-refractivity contribution >= 4 is 16.8 Å². The van der Waals surface area contributed by atoms with E-state index in [1.807, 2.05) is 18.2 Å². The van der Waals surface area contributed by atoms with Gasteiger partial charge in [0.1, 0.15) is 0 Å². The summed E-state index contributed by atoms with van der Waals surface area (Å²) >= 11 is 0. The van der Waals surface area contributed by atoms with E-state index in [9.17, 15) is 4.79 Å². The standard InChI is InChI=1S/C24H28N4O2/c1-27-22-3-2-18(24(29)26-15-17-4-9-25-10-5-17)14-20(22)21-16-28(11-6-23(21)27)19-7-12-30-13-8-19/h2-5,9-10,14,19H,6-8,11-13,15-16H2,1H3,(H,26,29). The molecule has 3 aromatic rings. The minimum atomic E-state index is -0.0385. The van der Waals surface area contributed by atoms with Crippen LogP contribution in [0.25, 0.3) is 10.9 Å². The predicted octanol–water partition coefficient (Wildman–Crippen LogP) is 3.04. The number of nitrogens with zero attached hydrogens (tertiary/aromatic N) is 3. The topological polar surface area (TPSA) is 59.4 Å². The molecule has 1 saturated heterocycles. The van der Waals surface area contributed by atoms with Crippen molar-refractivity contribution < 1.29 is 9.53 Å². The van der Waals surface area contributed by atoms with Crippen LogP contribution >= 0.6 is 0 Å². The van der Waals surface area contributed by atoms with E-state index in [0.717, 1.165) is 51.1 Å². The third kappa shape index (κ3) is 3.61. The second-order valence-corrected chi connectivity index (χ2v) is 8.32. The minimum Gasteiger partial charge on any atom is -0.381 e. The van der Waals surface area contributed by atoms with Gasteiger partial charge in [-0.15, -0.1) is 0 Å². The van der Waals surface area contributed by atoms with Crippen LogP contribution < -0.4 is 5.32 Å². The van der Waals surface area contributed by atoms with Crippen molar-refractivity contribution in [3.05, 3.63) is 65.1 Å². The number of hydrogen-bond acceptors (Lipinski definition) is 4. The van der Waals surface area contributed by atoms with E-state index in [1.165, 1.54) is 22.2 Å². The van der Waals surface area contributed by atoms with Gasteiger partial charge in [0.25, 0.3) is 5.91 Å². The van der Waals surface area contributed by atoms with E-state index in [4.69, 9.17) is 4.74 Å². The average Bonchev–Trinajstić information content (AvgIpc) is 3.09. The van der Waals surface area contributed by atoms with E-state index >= 15 is 0 Å². The first kappa shape index (κ1) is 19.3. The van der Waals surface area contributed by atoms with Crippen LogP contribution in [0.15, 0.2) is 42.7 Å². The molecule has 0 radical (unpaired) electrons. The molecule has 30 heavy (non-hydrogen) atoms. The average molecular weight is 405 g/mol. The lowest BCUT2D eigenvalue weighted by molar-refractivity contribution is 0.0289. The van der Waals surface area contributed by atoms with Crippen molar-refractivity contribution in [1.82, 2.24) is 19.8 Å². The Morgan fingerprint density at radius 2 is 2.00 bits per heavy atom. The van der Waals surface area contributed by atoms with E-state index in [0.29, 0.717) is 18.2 Å². The van der Waals surface area contributed by atoms with Crippen molar-refractivity contribution in [3.63, 3.8) is 0 Å². The molecule has 0 saturated carbocycles. The Morgan fingerprint density at radius 1 is 1.20 bits per heavy atom. The molecule has 2 aromatic heterocycles. The molecule has 2 aliphatic heterocycles. The molecule has 4 heterocycles. The van der Waals surface area contributed by atoms with Crippen LogP contribution in [0.4, 0.5) is 0 Å². The van der Waals surface area contributed by atoms with Gasteiger partial charge in [0, 0.05) is 86.9 Å². The highest BCUT2D eigenvalue weighted by molar-refractivity contribution is 5.99. The molecule has 1 aromatic carbocycles. The molecule has 1 amide bonds. The lowest BCUT2D eigenvalue weighted by atomic mass is 9.99. The highest BCUT2D eigenvalue weighted by Gasteiger charge is 2.28. The fourth-order valence-electron chi connectivity index (χ4n) is 4.89. The summed E-state index contributed by atoms with van der Waals surface area (Å²) in [5, 5.41) is 4.24. The molecule has 0 aliphatic carbocycles. The first-order chi connectivity index (χ1) is 14.7. The zero-order valence-electron chi connectivity index (χ0n) is 17.4. The number of pyridine rings is 1. The van der Waals surface area contributed by atoms with E-state index in [1.54, 1.807) is 12.4 Å². The Labute approximate surface area is 176 Å². The number of nitrogens with one attached hydrogen (secondary N) is 1. The van der Waals surface area contributed by atoms with Gasteiger partial charge in [0.15, 0.2) is 0 Å². The van der Waals surface area contributed by atoms with Crippen molar-refractivity contribution in [2.75, 3.05) is 19.8 Å². The van der Waals surface area contributed by atoms with Gasteiger partial charge in [-0.05, 0) is 54.3 Å². The largest absolute Gasteiger partial charge is 0.381 e. The lowest BCUT2D eigenvalue weighted by Gasteiger charge is -2.37. The van der Waals surface area contributed by atoms with Crippen molar-refractivity contribution in [3.8, 4) is 0 Å². The Morgan fingerprint density at radius 3 is 2.80 bits per heavy atom. The monoisotopic (exact) mass is 404 g/mol. The van der Waals surface area contributed by atoms with Crippen molar-refractivity contribution in [1.29, 1.82) is 0 Å². The SMILES string of the molecule is Cn1c2c(c3cc(C(=O)NCc4ccncc4)ccc31)CN(C1CCOCC1)CC2. The Bertz CT molecular complexity index is 1050. The predicted molar refractivity (Wildman–Crippen MR) is 116 cm³/mol. The second-order valence-electron chi connectivity index (χ2n) is 8.32. The molecule has 0 unspecified atom stereocenters. The van der Waals surface area contributed by atoms with E-state index in [2.05, 4.69) is 38.9 Å². The minimum absolute atomic E-state index is 0.0385. The van der Waals surface area contributed by atoms with Gasteiger partial charge >= 0.3 is 0 Å². The molecule has 5 rings (SSSR count). The Hall–Kier alpha value is -2.70. The van der Waals surface area contributed by atoms with Crippen molar-refractivity contribution in [2.45, 2.75) is 38.4 Å². The highest BCUT2D eigenvalue weighted by atomic mass is 16.5. The number of amides is 1. The van der Waals surface area contributed by atoms with Crippen molar-refractivity contribution in [2.24, 2.45) is 7.05 Å². The van der Waals surface area contributed by atoms with E-state index < -0.39 is 0 Å². The number of ether oxygens (including phenoxy) is 1. The Kier molecular flexibility index (Phi) is 5.27. The van der Waals surface area contributed by atoms with Crippen LogP contribution in [0.1, 0.15) is 40.0 Å². The van der Waals surface area contributed by atoms with Gasteiger partial charge in [-0.2, -0.15) is 0 Å². The first-order valence-corrected chi connectivity index (χ1v) is 10.8. The molecular weight excluding hydrogens is 376 g/mol. The zero-order valence-corrected chi connectivity index (χ0v) is 17.4. The van der Waals surface area contributed by atoms with Crippen LogP contribution in [0.5, 0.6) is 0 Å². The molecule has 0 atom stereocenters. The van der Waals surface area contributed by atoms with Crippen LogP contribution in [0.3, 0.4) is 0 Å². The number of carbonyl (C=O) groups excluding carboxylic acids is 1. The second kappa shape index (κ2) is 8.20. The molecule has 156 valence electrons. The van der Waals surface area contributed by atoms with Gasteiger partial charge < -0.3 is 14.6 Å². The number of aryl methyl sites for hydroxylation is 1. The van der Waals surface area contributed by atoms with Crippen LogP contribution in [0, 0.1) is 0 Å². The van der Waals surface area contributed by atoms with Gasteiger partial charge in [-0.3, -0.25) is 14.7 Å². The fraction of sp³-hybridized carbons (Fsp3) is 0.417. The summed E-state index contributed by atoms with van der Waals surface area (Å²) in [5.41, 5.74) is 5.76. The molecule has 1 N–H and O–H groups in total. The third-order valence-electron chi connectivity index (χ3n) is 6.61. The molecule has 2 aliphatic rings. The molecule has 1 fully saturated rings. The smallest absolute Gasteiger partial charge is 0.251 e. The first-order valence-electron chi connectivity index (χ1n) is 10.8. The number of benzene rings is 1. The van der Waals surface area contributed by atoms with Crippen LogP contribution in [-0.2, 0) is 31.3 Å². The molecule has 0 spiro atoms. The van der Waals surface area contributed by atoms with Crippen LogP contribution in [0.2, 0.25) is 0 Å². The molecular formula is C24H28N4O2. The summed E-state index contributed by atoms with van der Waals surface area (Å²) in [6.45, 7) is 4.29. The zero-order chi connectivity index (χ0) is 20.5. The summed E-state index contributed by atoms with van der Waals surface area (Å²) in [6, 6.07) is 10.5. The molecule has 0 bridgehead atoms.